The minimum Gasteiger partial charge on any atom is -0.288 e. The highest BCUT2D eigenvalue weighted by Crippen LogP contribution is 2.25. The third kappa shape index (κ3) is 2.56. The number of ketones is 1. The van der Waals surface area contributed by atoms with Gasteiger partial charge in [-0.05, 0) is 37.1 Å². The first-order valence-electron chi connectivity index (χ1n) is 5.77. The molecule has 1 nitrogen and oxygen atoms in total. The second-order valence-electron chi connectivity index (χ2n) is 4.49. The molecule has 5 heteroatoms. The van der Waals surface area contributed by atoms with Crippen molar-refractivity contribution in [3.8, 4) is 0 Å². The van der Waals surface area contributed by atoms with Crippen LogP contribution in [-0.2, 0) is 0 Å². The predicted octanol–water partition coefficient (Wildman–Crippen LogP) is 4.61. The zero-order chi connectivity index (χ0) is 15.0. The fourth-order valence-corrected chi connectivity index (χ4v) is 2.14. The Morgan fingerprint density at radius 3 is 2.05 bits per heavy atom. The molecule has 0 amide bonds. The normalized spacial score (nSPS) is 10.7. The van der Waals surface area contributed by atoms with Gasteiger partial charge in [0.05, 0.1) is 5.56 Å². The third-order valence-corrected chi connectivity index (χ3v) is 3.39. The van der Waals surface area contributed by atoms with Gasteiger partial charge in [0.2, 0.25) is 0 Å². The highest BCUT2D eigenvalue weighted by Gasteiger charge is 2.22. The van der Waals surface area contributed by atoms with E-state index < -0.39 is 28.8 Å². The molecule has 0 saturated heterocycles. The Morgan fingerprint density at radius 2 is 1.50 bits per heavy atom. The summed E-state index contributed by atoms with van der Waals surface area (Å²) < 4.78 is 40.1. The molecule has 0 aromatic heterocycles. The highest BCUT2D eigenvalue weighted by atomic mass is 35.5. The molecule has 0 unspecified atom stereocenters. The maximum absolute atomic E-state index is 13.6. The van der Waals surface area contributed by atoms with Crippen molar-refractivity contribution < 1.29 is 18.0 Å². The van der Waals surface area contributed by atoms with E-state index in [-0.39, 0.29) is 5.56 Å². The molecular formula is C15H10ClF3O. The first-order valence-corrected chi connectivity index (χ1v) is 6.15. The summed E-state index contributed by atoms with van der Waals surface area (Å²) in [5.74, 6) is -4.35. The molecule has 0 heterocycles. The van der Waals surface area contributed by atoms with E-state index in [9.17, 15) is 18.0 Å². The van der Waals surface area contributed by atoms with Crippen LogP contribution in [0.1, 0.15) is 27.0 Å². The average Bonchev–Trinajstić information content (AvgIpc) is 2.32. The molecular weight excluding hydrogens is 289 g/mol. The zero-order valence-corrected chi connectivity index (χ0v) is 11.5. The van der Waals surface area contributed by atoms with E-state index in [2.05, 4.69) is 0 Å². The monoisotopic (exact) mass is 298 g/mol. The molecule has 0 spiro atoms. The molecule has 0 saturated carbocycles. The van der Waals surface area contributed by atoms with Crippen LogP contribution in [0, 0.1) is 31.3 Å². The Morgan fingerprint density at radius 1 is 0.950 bits per heavy atom. The van der Waals surface area contributed by atoms with E-state index >= 15 is 0 Å². The van der Waals surface area contributed by atoms with Gasteiger partial charge in [0, 0.05) is 22.7 Å². The number of halogens is 4. The van der Waals surface area contributed by atoms with Crippen molar-refractivity contribution >= 4 is 17.4 Å². The topological polar surface area (TPSA) is 17.1 Å². The van der Waals surface area contributed by atoms with Crippen LogP contribution in [0.5, 0.6) is 0 Å². The van der Waals surface area contributed by atoms with Crippen LogP contribution in [0.3, 0.4) is 0 Å². The van der Waals surface area contributed by atoms with Crippen LogP contribution < -0.4 is 0 Å². The standard InChI is InChI=1S/C15H10ClF3O/c1-7-4-11(16)8(2)3-10(7)15(20)14-12(18)5-9(17)6-13(14)19/h3-6H,1-2H3. The van der Waals surface area contributed by atoms with E-state index in [1.807, 2.05) is 0 Å². The van der Waals surface area contributed by atoms with Crippen molar-refractivity contribution in [1.29, 1.82) is 0 Å². The molecule has 2 aromatic rings. The Hall–Kier alpha value is -1.81. The molecule has 104 valence electrons. The Kier molecular flexibility index (Phi) is 3.86. The van der Waals surface area contributed by atoms with Gasteiger partial charge in [-0.3, -0.25) is 4.79 Å². The zero-order valence-electron chi connectivity index (χ0n) is 10.7. The number of rotatable bonds is 2. The summed E-state index contributed by atoms with van der Waals surface area (Å²) in [5.41, 5.74) is 0.477. The maximum Gasteiger partial charge on any atom is 0.199 e. The van der Waals surface area contributed by atoms with E-state index in [1.54, 1.807) is 19.9 Å². The van der Waals surface area contributed by atoms with Crippen LogP contribution in [0.4, 0.5) is 13.2 Å². The summed E-state index contributed by atoms with van der Waals surface area (Å²) in [6, 6.07) is 3.97. The second kappa shape index (κ2) is 5.29. The minimum atomic E-state index is -1.22. The number of benzene rings is 2. The molecule has 0 N–H and O–H groups in total. The predicted molar refractivity (Wildman–Crippen MR) is 70.7 cm³/mol. The number of carbonyl (C=O) groups is 1. The number of hydrogen-bond acceptors (Lipinski definition) is 1. The summed E-state index contributed by atoms with van der Waals surface area (Å²) in [5, 5.41) is 0.458. The first kappa shape index (κ1) is 14.6. The smallest absolute Gasteiger partial charge is 0.199 e. The summed E-state index contributed by atoms with van der Waals surface area (Å²) in [7, 11) is 0. The lowest BCUT2D eigenvalue weighted by Crippen LogP contribution is -2.10. The molecule has 0 bridgehead atoms. The van der Waals surface area contributed by atoms with Gasteiger partial charge in [-0.1, -0.05) is 11.6 Å². The van der Waals surface area contributed by atoms with E-state index in [0.717, 1.165) is 0 Å². The first-order chi connectivity index (χ1) is 9.31. The molecule has 0 aliphatic carbocycles. The van der Waals surface area contributed by atoms with Gasteiger partial charge < -0.3 is 0 Å². The summed E-state index contributed by atoms with van der Waals surface area (Å²) in [4.78, 5) is 12.2. The fraction of sp³-hybridized carbons (Fsp3) is 0.133. The minimum absolute atomic E-state index is 0.135. The molecule has 0 aliphatic rings. The molecule has 0 radical (unpaired) electrons. The molecule has 20 heavy (non-hydrogen) atoms. The maximum atomic E-state index is 13.6. The van der Waals surface area contributed by atoms with Crippen molar-refractivity contribution in [3.05, 3.63) is 69.0 Å². The van der Waals surface area contributed by atoms with Crippen molar-refractivity contribution in [2.75, 3.05) is 0 Å². The molecule has 0 aliphatic heterocycles. The van der Waals surface area contributed by atoms with Crippen LogP contribution in [0.25, 0.3) is 0 Å². The summed E-state index contributed by atoms with van der Waals surface area (Å²) >= 11 is 5.91. The van der Waals surface area contributed by atoms with Gasteiger partial charge in [-0.2, -0.15) is 0 Å². The van der Waals surface area contributed by atoms with Crippen LogP contribution >= 0.6 is 11.6 Å². The van der Waals surface area contributed by atoms with Gasteiger partial charge >= 0.3 is 0 Å². The Balaban J connectivity index is 2.61. The SMILES string of the molecule is Cc1cc(C(=O)c2c(F)cc(F)cc2F)c(C)cc1Cl. The molecule has 0 fully saturated rings. The summed E-state index contributed by atoms with van der Waals surface area (Å²) in [6.45, 7) is 3.29. The van der Waals surface area contributed by atoms with Gasteiger partial charge in [0.25, 0.3) is 0 Å². The quantitative estimate of drug-likeness (QED) is 0.740. The van der Waals surface area contributed by atoms with Gasteiger partial charge in [-0.15, -0.1) is 0 Å². The number of aryl methyl sites for hydroxylation is 2. The molecule has 0 atom stereocenters. The Labute approximate surface area is 119 Å². The average molecular weight is 299 g/mol. The van der Waals surface area contributed by atoms with Gasteiger partial charge in [0.15, 0.2) is 5.78 Å². The van der Waals surface area contributed by atoms with Crippen molar-refractivity contribution in [1.82, 2.24) is 0 Å². The number of hydrogen-bond donors (Lipinski definition) is 0. The third-order valence-electron chi connectivity index (χ3n) is 2.98. The highest BCUT2D eigenvalue weighted by molar-refractivity contribution is 6.31. The van der Waals surface area contributed by atoms with Gasteiger partial charge in [0.1, 0.15) is 17.5 Å². The van der Waals surface area contributed by atoms with Crippen molar-refractivity contribution in [2.24, 2.45) is 0 Å². The van der Waals surface area contributed by atoms with E-state index in [4.69, 9.17) is 11.6 Å². The lowest BCUT2D eigenvalue weighted by atomic mass is 9.96. The lowest BCUT2D eigenvalue weighted by molar-refractivity contribution is 0.103. The van der Waals surface area contributed by atoms with Crippen LogP contribution in [0.15, 0.2) is 24.3 Å². The lowest BCUT2D eigenvalue weighted by Gasteiger charge is -2.09. The molecule has 2 aromatic carbocycles. The number of carbonyl (C=O) groups excluding carboxylic acids is 1. The van der Waals surface area contributed by atoms with E-state index in [0.29, 0.717) is 28.3 Å². The van der Waals surface area contributed by atoms with Crippen LogP contribution in [-0.4, -0.2) is 5.78 Å². The molecule has 2 rings (SSSR count). The Bertz CT molecular complexity index is 688. The van der Waals surface area contributed by atoms with Crippen LogP contribution in [0.2, 0.25) is 5.02 Å². The summed E-state index contributed by atoms with van der Waals surface area (Å²) in [6.07, 6.45) is 0. The second-order valence-corrected chi connectivity index (χ2v) is 4.90. The van der Waals surface area contributed by atoms with Crippen molar-refractivity contribution in [3.63, 3.8) is 0 Å². The fourth-order valence-electron chi connectivity index (χ4n) is 1.92. The van der Waals surface area contributed by atoms with Gasteiger partial charge in [-0.25, -0.2) is 13.2 Å². The van der Waals surface area contributed by atoms with Crippen molar-refractivity contribution in [2.45, 2.75) is 13.8 Å². The largest absolute Gasteiger partial charge is 0.288 e. The van der Waals surface area contributed by atoms with E-state index in [1.165, 1.54) is 6.07 Å².